The molecule has 0 aromatic heterocycles. The molecule has 108 valence electrons. The molecule has 0 heteroatoms. The Morgan fingerprint density at radius 3 is 1.94 bits per heavy atom. The molecule has 1 unspecified atom stereocenters. The van der Waals surface area contributed by atoms with Crippen molar-refractivity contribution in [2.24, 2.45) is 16.2 Å². The third-order valence-electron chi connectivity index (χ3n) is 4.85. The molecule has 1 aliphatic carbocycles. The van der Waals surface area contributed by atoms with Gasteiger partial charge in [0, 0.05) is 0 Å². The lowest BCUT2D eigenvalue weighted by Crippen LogP contribution is -2.31. The van der Waals surface area contributed by atoms with Crippen molar-refractivity contribution < 1.29 is 0 Å². The highest BCUT2D eigenvalue weighted by Crippen LogP contribution is 2.48. The second-order valence-corrected chi connectivity index (χ2v) is 8.80. The molecule has 0 bridgehead atoms. The molecule has 1 aliphatic rings. The van der Waals surface area contributed by atoms with Gasteiger partial charge in [0.05, 0.1) is 0 Å². The Balaban J connectivity index is 2.81. The summed E-state index contributed by atoms with van der Waals surface area (Å²) in [6.45, 7) is 14.9. The molecule has 0 aromatic rings. The van der Waals surface area contributed by atoms with Crippen LogP contribution in [-0.4, -0.2) is 0 Å². The normalized spacial score (nSPS) is 33.0. The predicted molar refractivity (Wildman–Crippen MR) is 82.9 cm³/mol. The van der Waals surface area contributed by atoms with Crippen molar-refractivity contribution in [2.45, 2.75) is 99.3 Å². The molecule has 18 heavy (non-hydrogen) atoms. The van der Waals surface area contributed by atoms with Crippen LogP contribution in [0.15, 0.2) is 0 Å². The van der Waals surface area contributed by atoms with Gasteiger partial charge >= 0.3 is 0 Å². The minimum Gasteiger partial charge on any atom is -0.0654 e. The van der Waals surface area contributed by atoms with Gasteiger partial charge in [-0.2, -0.15) is 0 Å². The van der Waals surface area contributed by atoms with E-state index in [4.69, 9.17) is 0 Å². The van der Waals surface area contributed by atoms with Crippen LogP contribution < -0.4 is 0 Å². The molecule has 0 N–H and O–H groups in total. The van der Waals surface area contributed by atoms with Crippen molar-refractivity contribution in [3.05, 3.63) is 0 Å². The molecule has 1 rings (SSSR count). The van der Waals surface area contributed by atoms with E-state index in [1.807, 2.05) is 0 Å². The fraction of sp³-hybridized carbons (Fsp3) is 1.00. The van der Waals surface area contributed by atoms with E-state index in [0.29, 0.717) is 16.2 Å². The summed E-state index contributed by atoms with van der Waals surface area (Å²) in [6.07, 6.45) is 12.8. The molecule has 0 amide bonds. The number of hydrogen-bond donors (Lipinski definition) is 0. The Hall–Kier alpha value is 0. The van der Waals surface area contributed by atoms with Crippen molar-refractivity contribution in [1.29, 1.82) is 0 Å². The van der Waals surface area contributed by atoms with E-state index in [0.717, 1.165) is 0 Å². The summed E-state index contributed by atoms with van der Waals surface area (Å²) in [5.74, 6) is 0. The zero-order chi connectivity index (χ0) is 13.9. The van der Waals surface area contributed by atoms with E-state index < -0.39 is 0 Å². The largest absolute Gasteiger partial charge is 0.0654 e. The first-order valence-electron chi connectivity index (χ1n) is 8.18. The summed E-state index contributed by atoms with van der Waals surface area (Å²) in [4.78, 5) is 0. The van der Waals surface area contributed by atoms with Crippen LogP contribution in [0.3, 0.4) is 0 Å². The van der Waals surface area contributed by atoms with Crippen LogP contribution in [0.1, 0.15) is 99.3 Å². The van der Waals surface area contributed by atoms with E-state index in [1.54, 1.807) is 0 Å². The highest BCUT2D eigenvalue weighted by atomic mass is 14.4. The van der Waals surface area contributed by atoms with Crippen molar-refractivity contribution in [3.63, 3.8) is 0 Å². The SMILES string of the molecule is CCCC1(C)CCCCCC(C)(C)CC(C)(C)C1. The maximum atomic E-state index is 2.55. The summed E-state index contributed by atoms with van der Waals surface area (Å²) < 4.78 is 0. The first-order chi connectivity index (χ1) is 8.18. The Labute approximate surface area is 116 Å². The van der Waals surface area contributed by atoms with E-state index in [2.05, 4.69) is 41.5 Å². The Morgan fingerprint density at radius 2 is 1.33 bits per heavy atom. The Kier molecular flexibility index (Phi) is 5.32. The van der Waals surface area contributed by atoms with Gasteiger partial charge in [0.2, 0.25) is 0 Å². The van der Waals surface area contributed by atoms with E-state index >= 15 is 0 Å². The van der Waals surface area contributed by atoms with Crippen LogP contribution in [0, 0.1) is 16.2 Å². The van der Waals surface area contributed by atoms with Crippen LogP contribution in [0.2, 0.25) is 0 Å². The summed E-state index contributed by atoms with van der Waals surface area (Å²) in [7, 11) is 0. The number of rotatable bonds is 2. The van der Waals surface area contributed by atoms with Gasteiger partial charge in [0.1, 0.15) is 0 Å². The van der Waals surface area contributed by atoms with Crippen molar-refractivity contribution in [1.82, 2.24) is 0 Å². The van der Waals surface area contributed by atoms with Gasteiger partial charge in [-0.05, 0) is 48.3 Å². The van der Waals surface area contributed by atoms with Gasteiger partial charge in [0.25, 0.3) is 0 Å². The van der Waals surface area contributed by atoms with Crippen molar-refractivity contribution in [2.75, 3.05) is 0 Å². The maximum absolute atomic E-state index is 2.55. The summed E-state index contributed by atoms with van der Waals surface area (Å²) >= 11 is 0. The second-order valence-electron chi connectivity index (χ2n) is 8.80. The molecule has 1 fully saturated rings. The Bertz CT molecular complexity index is 249. The molecular weight excluding hydrogens is 216 g/mol. The minimum atomic E-state index is 0.505. The number of hydrogen-bond acceptors (Lipinski definition) is 0. The smallest absolute Gasteiger partial charge is 0.0321 e. The van der Waals surface area contributed by atoms with Crippen molar-refractivity contribution >= 4 is 0 Å². The molecule has 0 spiro atoms. The highest BCUT2D eigenvalue weighted by molar-refractivity contribution is 4.87. The lowest BCUT2D eigenvalue weighted by atomic mass is 9.63. The first-order valence-corrected chi connectivity index (χ1v) is 8.18. The van der Waals surface area contributed by atoms with Crippen LogP contribution in [-0.2, 0) is 0 Å². The summed E-state index contributed by atoms with van der Waals surface area (Å²) in [6, 6.07) is 0. The molecule has 1 saturated carbocycles. The topological polar surface area (TPSA) is 0 Å². The highest BCUT2D eigenvalue weighted by Gasteiger charge is 2.36. The zero-order valence-corrected chi connectivity index (χ0v) is 13.9. The fourth-order valence-electron chi connectivity index (χ4n) is 4.84. The summed E-state index contributed by atoms with van der Waals surface area (Å²) in [5, 5.41) is 0. The van der Waals surface area contributed by atoms with Gasteiger partial charge in [0.15, 0.2) is 0 Å². The molecule has 0 aliphatic heterocycles. The predicted octanol–water partition coefficient (Wildman–Crippen LogP) is 6.59. The molecule has 0 nitrogen and oxygen atoms in total. The van der Waals surface area contributed by atoms with Crippen LogP contribution in [0.5, 0.6) is 0 Å². The lowest BCUT2D eigenvalue weighted by molar-refractivity contribution is 0.0859. The molecule has 0 saturated heterocycles. The van der Waals surface area contributed by atoms with Crippen LogP contribution in [0.4, 0.5) is 0 Å². The van der Waals surface area contributed by atoms with Crippen LogP contribution in [0.25, 0.3) is 0 Å². The third-order valence-corrected chi connectivity index (χ3v) is 4.85. The molecule has 0 radical (unpaired) electrons. The van der Waals surface area contributed by atoms with Crippen LogP contribution >= 0.6 is 0 Å². The zero-order valence-electron chi connectivity index (χ0n) is 13.9. The quantitative estimate of drug-likeness (QED) is 0.520. The maximum Gasteiger partial charge on any atom is -0.0321 e. The molecule has 1 atom stereocenters. The van der Waals surface area contributed by atoms with Gasteiger partial charge in [-0.3, -0.25) is 0 Å². The van der Waals surface area contributed by atoms with Gasteiger partial charge in [-0.25, -0.2) is 0 Å². The van der Waals surface area contributed by atoms with E-state index in [9.17, 15) is 0 Å². The average Bonchev–Trinajstić information content (AvgIpc) is 2.12. The van der Waals surface area contributed by atoms with Crippen molar-refractivity contribution in [3.8, 4) is 0 Å². The summed E-state index contributed by atoms with van der Waals surface area (Å²) in [5.41, 5.74) is 1.63. The van der Waals surface area contributed by atoms with Gasteiger partial charge < -0.3 is 0 Å². The van der Waals surface area contributed by atoms with Gasteiger partial charge in [-0.15, -0.1) is 0 Å². The van der Waals surface area contributed by atoms with E-state index in [1.165, 1.54) is 57.8 Å². The molecule has 0 heterocycles. The standard InChI is InChI=1S/C18H36/c1-7-11-18(6)13-10-8-9-12-16(2,3)14-17(4,5)15-18/h7-15H2,1-6H3. The monoisotopic (exact) mass is 252 g/mol. The lowest BCUT2D eigenvalue weighted by Gasteiger charge is -2.43. The van der Waals surface area contributed by atoms with Gasteiger partial charge in [-0.1, -0.05) is 67.2 Å². The molecule has 0 aromatic carbocycles. The third kappa shape index (κ3) is 5.33. The molecular formula is C18H36. The van der Waals surface area contributed by atoms with E-state index in [-0.39, 0.29) is 0 Å². The Morgan fingerprint density at radius 1 is 0.722 bits per heavy atom. The fourth-order valence-corrected chi connectivity index (χ4v) is 4.84. The average molecular weight is 252 g/mol. The minimum absolute atomic E-state index is 0.505. The second kappa shape index (κ2) is 5.97. The first kappa shape index (κ1) is 16.1.